The lowest BCUT2D eigenvalue weighted by Gasteiger charge is -2.35. The van der Waals surface area contributed by atoms with Crippen molar-refractivity contribution in [3.05, 3.63) is 59.7 Å². The summed E-state index contributed by atoms with van der Waals surface area (Å²) in [5, 5.41) is 3.32. The highest BCUT2D eigenvalue weighted by molar-refractivity contribution is 5.84. The van der Waals surface area contributed by atoms with Gasteiger partial charge in [0.15, 0.2) is 0 Å². The first-order valence-corrected chi connectivity index (χ1v) is 9.99. The SMILES string of the molecule is COc1ccc(NC(C)C(=O)N2CCN(C(C)=O)CC2)cc1Cc1ccccc1. The average molecular weight is 396 g/mol. The quantitative estimate of drug-likeness (QED) is 0.817. The second kappa shape index (κ2) is 9.45. The molecule has 1 atom stereocenters. The lowest BCUT2D eigenvalue weighted by atomic mass is 10.0. The van der Waals surface area contributed by atoms with E-state index in [-0.39, 0.29) is 17.9 Å². The van der Waals surface area contributed by atoms with Gasteiger partial charge in [-0.25, -0.2) is 0 Å². The van der Waals surface area contributed by atoms with Crippen LogP contribution in [0.3, 0.4) is 0 Å². The van der Waals surface area contributed by atoms with Crippen molar-refractivity contribution in [1.82, 2.24) is 9.80 Å². The third kappa shape index (κ3) is 5.28. The Balaban J connectivity index is 1.65. The van der Waals surface area contributed by atoms with Crippen molar-refractivity contribution >= 4 is 17.5 Å². The monoisotopic (exact) mass is 395 g/mol. The van der Waals surface area contributed by atoms with E-state index in [1.54, 1.807) is 18.9 Å². The summed E-state index contributed by atoms with van der Waals surface area (Å²) in [6.45, 7) is 5.78. The van der Waals surface area contributed by atoms with E-state index < -0.39 is 0 Å². The van der Waals surface area contributed by atoms with Crippen LogP contribution in [0, 0.1) is 0 Å². The highest BCUT2D eigenvalue weighted by Crippen LogP contribution is 2.26. The Morgan fingerprint density at radius 3 is 2.31 bits per heavy atom. The van der Waals surface area contributed by atoms with Crippen molar-refractivity contribution in [3.63, 3.8) is 0 Å². The maximum Gasteiger partial charge on any atom is 0.244 e. The summed E-state index contributed by atoms with van der Waals surface area (Å²) in [5.41, 5.74) is 3.16. The number of piperazine rings is 1. The lowest BCUT2D eigenvalue weighted by molar-refractivity contribution is -0.138. The molecule has 1 aliphatic heterocycles. The minimum Gasteiger partial charge on any atom is -0.496 e. The lowest BCUT2D eigenvalue weighted by Crippen LogP contribution is -2.53. The predicted octanol–water partition coefficient (Wildman–Crippen LogP) is 2.78. The van der Waals surface area contributed by atoms with Crippen LogP contribution in [0.25, 0.3) is 0 Å². The molecule has 2 aromatic carbocycles. The number of nitrogens with one attached hydrogen (secondary N) is 1. The van der Waals surface area contributed by atoms with Gasteiger partial charge in [-0.3, -0.25) is 9.59 Å². The van der Waals surface area contributed by atoms with E-state index in [1.165, 1.54) is 5.56 Å². The predicted molar refractivity (Wildman–Crippen MR) is 114 cm³/mol. The van der Waals surface area contributed by atoms with E-state index in [0.29, 0.717) is 26.2 Å². The molecule has 1 fully saturated rings. The number of methoxy groups -OCH3 is 1. The van der Waals surface area contributed by atoms with Gasteiger partial charge in [0.2, 0.25) is 11.8 Å². The van der Waals surface area contributed by atoms with Crippen LogP contribution in [0.2, 0.25) is 0 Å². The maximum atomic E-state index is 12.8. The molecule has 2 aromatic rings. The number of benzene rings is 2. The highest BCUT2D eigenvalue weighted by Gasteiger charge is 2.25. The molecule has 0 aromatic heterocycles. The number of anilines is 1. The number of carbonyl (C=O) groups is 2. The van der Waals surface area contributed by atoms with Gasteiger partial charge in [-0.05, 0) is 30.7 Å². The van der Waals surface area contributed by atoms with Crippen LogP contribution in [-0.4, -0.2) is 60.9 Å². The molecule has 0 radical (unpaired) electrons. The van der Waals surface area contributed by atoms with E-state index in [9.17, 15) is 9.59 Å². The van der Waals surface area contributed by atoms with Gasteiger partial charge in [0.05, 0.1) is 7.11 Å². The highest BCUT2D eigenvalue weighted by atomic mass is 16.5. The van der Waals surface area contributed by atoms with E-state index in [2.05, 4.69) is 17.4 Å². The molecule has 29 heavy (non-hydrogen) atoms. The Morgan fingerprint density at radius 1 is 1.03 bits per heavy atom. The van der Waals surface area contributed by atoms with Crippen LogP contribution >= 0.6 is 0 Å². The van der Waals surface area contributed by atoms with Gasteiger partial charge in [-0.1, -0.05) is 30.3 Å². The minimum atomic E-state index is -0.350. The fraction of sp³-hybridized carbons (Fsp3) is 0.391. The molecule has 1 unspecified atom stereocenters. The van der Waals surface area contributed by atoms with Crippen molar-refractivity contribution < 1.29 is 14.3 Å². The Bertz CT molecular complexity index is 846. The third-order valence-corrected chi connectivity index (χ3v) is 5.31. The number of amides is 2. The summed E-state index contributed by atoms with van der Waals surface area (Å²) < 4.78 is 5.51. The van der Waals surface area contributed by atoms with Crippen molar-refractivity contribution in [2.45, 2.75) is 26.3 Å². The number of hydrogen-bond donors (Lipinski definition) is 1. The summed E-state index contributed by atoms with van der Waals surface area (Å²) in [6, 6.07) is 15.8. The molecule has 0 bridgehead atoms. The molecule has 154 valence electrons. The van der Waals surface area contributed by atoms with Crippen LogP contribution in [-0.2, 0) is 16.0 Å². The Labute approximate surface area is 172 Å². The maximum absolute atomic E-state index is 12.8. The van der Waals surface area contributed by atoms with Gasteiger partial charge in [-0.15, -0.1) is 0 Å². The van der Waals surface area contributed by atoms with E-state index in [0.717, 1.165) is 23.4 Å². The number of nitrogens with zero attached hydrogens (tertiary/aromatic N) is 2. The zero-order valence-corrected chi connectivity index (χ0v) is 17.4. The largest absolute Gasteiger partial charge is 0.496 e. The Morgan fingerprint density at radius 2 is 1.69 bits per heavy atom. The Hall–Kier alpha value is -3.02. The van der Waals surface area contributed by atoms with Gasteiger partial charge in [0.25, 0.3) is 0 Å². The molecule has 0 saturated carbocycles. The minimum absolute atomic E-state index is 0.0497. The van der Waals surface area contributed by atoms with Crippen LogP contribution in [0.5, 0.6) is 5.75 Å². The summed E-state index contributed by atoms with van der Waals surface area (Å²) >= 11 is 0. The number of carbonyl (C=O) groups excluding carboxylic acids is 2. The molecule has 1 saturated heterocycles. The number of hydrogen-bond acceptors (Lipinski definition) is 4. The molecule has 3 rings (SSSR count). The fourth-order valence-electron chi connectivity index (χ4n) is 3.65. The molecule has 0 aliphatic carbocycles. The first kappa shape index (κ1) is 20.7. The summed E-state index contributed by atoms with van der Waals surface area (Å²) in [7, 11) is 1.67. The van der Waals surface area contributed by atoms with E-state index in [1.807, 2.05) is 48.2 Å². The van der Waals surface area contributed by atoms with Crippen molar-refractivity contribution in [2.24, 2.45) is 0 Å². The van der Waals surface area contributed by atoms with Crippen molar-refractivity contribution in [2.75, 3.05) is 38.6 Å². The molecular weight excluding hydrogens is 366 g/mol. The first-order chi connectivity index (χ1) is 14.0. The molecule has 1 heterocycles. The van der Waals surface area contributed by atoms with Gasteiger partial charge < -0.3 is 19.9 Å². The second-order valence-corrected chi connectivity index (χ2v) is 7.39. The van der Waals surface area contributed by atoms with E-state index >= 15 is 0 Å². The fourth-order valence-corrected chi connectivity index (χ4v) is 3.65. The second-order valence-electron chi connectivity index (χ2n) is 7.39. The third-order valence-electron chi connectivity index (χ3n) is 5.31. The molecular formula is C23H29N3O3. The molecule has 6 nitrogen and oxygen atoms in total. The van der Waals surface area contributed by atoms with Crippen LogP contribution in [0.4, 0.5) is 5.69 Å². The van der Waals surface area contributed by atoms with Crippen LogP contribution in [0.1, 0.15) is 25.0 Å². The number of rotatable bonds is 6. The van der Waals surface area contributed by atoms with Crippen LogP contribution < -0.4 is 10.1 Å². The standard InChI is InChI=1S/C23H29N3O3/c1-17(23(28)26-13-11-25(12-14-26)18(2)27)24-21-9-10-22(29-3)20(16-21)15-19-7-5-4-6-8-19/h4-10,16-17,24H,11-15H2,1-3H3. The molecule has 6 heteroatoms. The van der Waals surface area contributed by atoms with Gasteiger partial charge in [0, 0.05) is 50.8 Å². The Kier molecular flexibility index (Phi) is 6.75. The summed E-state index contributed by atoms with van der Waals surface area (Å²) in [5.74, 6) is 0.944. The van der Waals surface area contributed by atoms with Gasteiger partial charge >= 0.3 is 0 Å². The molecule has 1 N–H and O–H groups in total. The van der Waals surface area contributed by atoms with Gasteiger partial charge in [-0.2, -0.15) is 0 Å². The number of ether oxygens (including phenoxy) is 1. The summed E-state index contributed by atoms with van der Waals surface area (Å²) in [6.07, 6.45) is 0.759. The van der Waals surface area contributed by atoms with Crippen LogP contribution in [0.15, 0.2) is 48.5 Å². The van der Waals surface area contributed by atoms with Crippen molar-refractivity contribution in [1.29, 1.82) is 0 Å². The zero-order valence-electron chi connectivity index (χ0n) is 17.4. The topological polar surface area (TPSA) is 61.9 Å². The normalized spacial score (nSPS) is 15.0. The smallest absolute Gasteiger partial charge is 0.244 e. The summed E-state index contributed by atoms with van der Waals surface area (Å²) in [4.78, 5) is 27.9. The first-order valence-electron chi connectivity index (χ1n) is 9.99. The molecule has 1 aliphatic rings. The molecule has 0 spiro atoms. The van der Waals surface area contributed by atoms with E-state index in [4.69, 9.17) is 4.74 Å². The zero-order chi connectivity index (χ0) is 20.8. The van der Waals surface area contributed by atoms with Gasteiger partial charge in [0.1, 0.15) is 11.8 Å². The molecule has 2 amide bonds. The average Bonchev–Trinajstić information content (AvgIpc) is 2.74. The van der Waals surface area contributed by atoms with Crippen molar-refractivity contribution in [3.8, 4) is 5.75 Å².